The summed E-state index contributed by atoms with van der Waals surface area (Å²) >= 11 is 0. The Balaban J connectivity index is 1.61. The number of carbonyl (C=O) groups is 1. The van der Waals surface area contributed by atoms with Crippen molar-refractivity contribution in [1.82, 2.24) is 9.55 Å². The Morgan fingerprint density at radius 1 is 1.12 bits per heavy atom. The van der Waals surface area contributed by atoms with Crippen molar-refractivity contribution in [2.45, 2.75) is 32.7 Å². The summed E-state index contributed by atoms with van der Waals surface area (Å²) in [4.78, 5) is 31.6. The van der Waals surface area contributed by atoms with E-state index < -0.39 is 0 Å². The number of carbonyl (C=O) groups excluding carboxylic acids is 1. The van der Waals surface area contributed by atoms with E-state index in [4.69, 9.17) is 0 Å². The fourth-order valence-corrected chi connectivity index (χ4v) is 3.68. The van der Waals surface area contributed by atoms with Crippen molar-refractivity contribution in [3.8, 4) is 0 Å². The summed E-state index contributed by atoms with van der Waals surface area (Å²) in [6.45, 7) is 2.81. The first-order valence-corrected chi connectivity index (χ1v) is 8.99. The minimum atomic E-state index is -0.129. The summed E-state index contributed by atoms with van der Waals surface area (Å²) in [5, 5.41) is 0. The Bertz CT molecular complexity index is 1040. The number of aromatic nitrogens is 2. The van der Waals surface area contributed by atoms with Crippen LogP contribution in [0.1, 0.15) is 24.1 Å². The van der Waals surface area contributed by atoms with E-state index >= 15 is 0 Å². The molecule has 3 aromatic rings. The molecule has 1 aliphatic heterocycles. The van der Waals surface area contributed by atoms with Gasteiger partial charge in [0.15, 0.2) is 0 Å². The van der Waals surface area contributed by atoms with Crippen LogP contribution in [-0.2, 0) is 17.8 Å². The number of hydrogen-bond donors (Lipinski definition) is 0. The fourth-order valence-electron chi connectivity index (χ4n) is 3.68. The molecule has 0 radical (unpaired) electrons. The van der Waals surface area contributed by atoms with Gasteiger partial charge in [-0.15, -0.1) is 0 Å². The summed E-state index contributed by atoms with van der Waals surface area (Å²) in [5.41, 5.74) is 4.10. The van der Waals surface area contributed by atoms with Crippen molar-refractivity contribution >= 4 is 22.6 Å². The van der Waals surface area contributed by atoms with E-state index in [0.717, 1.165) is 36.1 Å². The summed E-state index contributed by atoms with van der Waals surface area (Å²) in [6, 6.07) is 15.6. The van der Waals surface area contributed by atoms with Crippen molar-refractivity contribution in [3.63, 3.8) is 0 Å². The maximum atomic E-state index is 12.9. The van der Waals surface area contributed by atoms with Gasteiger partial charge >= 0.3 is 0 Å². The summed E-state index contributed by atoms with van der Waals surface area (Å²) < 4.78 is 1.67. The highest BCUT2D eigenvalue weighted by atomic mass is 16.2. The topological polar surface area (TPSA) is 55.2 Å². The first kappa shape index (κ1) is 16.5. The molecule has 132 valence electrons. The van der Waals surface area contributed by atoms with Crippen molar-refractivity contribution in [2.24, 2.45) is 0 Å². The Morgan fingerprint density at radius 2 is 1.88 bits per heavy atom. The number of aryl methyl sites for hydroxylation is 3. The first-order chi connectivity index (χ1) is 12.6. The van der Waals surface area contributed by atoms with Crippen LogP contribution >= 0.6 is 0 Å². The van der Waals surface area contributed by atoms with Crippen molar-refractivity contribution in [2.75, 3.05) is 11.4 Å². The molecule has 1 aromatic heterocycles. The number of amides is 1. The summed E-state index contributed by atoms with van der Waals surface area (Å²) in [5.74, 6) is 0.0580. The number of fused-ring (bicyclic) bond motifs is 2. The van der Waals surface area contributed by atoms with Crippen LogP contribution in [0.15, 0.2) is 53.3 Å². The zero-order valence-corrected chi connectivity index (χ0v) is 14.8. The number of anilines is 1. The van der Waals surface area contributed by atoms with Gasteiger partial charge in [-0.1, -0.05) is 30.3 Å². The highest BCUT2D eigenvalue weighted by Gasteiger charge is 2.22. The van der Waals surface area contributed by atoms with E-state index in [2.05, 4.69) is 11.1 Å². The lowest BCUT2D eigenvalue weighted by Gasteiger charge is -2.29. The van der Waals surface area contributed by atoms with Gasteiger partial charge in [-0.05, 0) is 43.5 Å². The van der Waals surface area contributed by atoms with E-state index in [1.807, 2.05) is 47.4 Å². The molecule has 2 heterocycles. The molecule has 0 atom stereocenters. The number of para-hydroxylation sites is 3. The van der Waals surface area contributed by atoms with Gasteiger partial charge in [-0.2, -0.15) is 0 Å². The normalized spacial score (nSPS) is 13.7. The van der Waals surface area contributed by atoms with Gasteiger partial charge in [0.2, 0.25) is 5.91 Å². The maximum Gasteiger partial charge on any atom is 0.272 e. The van der Waals surface area contributed by atoms with E-state index in [0.29, 0.717) is 18.7 Å². The second-order valence-corrected chi connectivity index (χ2v) is 6.67. The molecule has 1 aliphatic rings. The van der Waals surface area contributed by atoms with Crippen LogP contribution < -0.4 is 10.5 Å². The Morgan fingerprint density at radius 3 is 2.77 bits per heavy atom. The van der Waals surface area contributed by atoms with Crippen LogP contribution in [0.25, 0.3) is 11.0 Å². The minimum Gasteiger partial charge on any atom is -0.312 e. The Labute approximate surface area is 151 Å². The smallest absolute Gasteiger partial charge is 0.272 e. The molecule has 0 N–H and O–H groups in total. The minimum absolute atomic E-state index is 0.0580. The van der Waals surface area contributed by atoms with E-state index in [1.165, 1.54) is 5.56 Å². The van der Waals surface area contributed by atoms with Crippen molar-refractivity contribution in [3.05, 3.63) is 70.1 Å². The van der Waals surface area contributed by atoms with Gasteiger partial charge in [-0.3, -0.25) is 9.59 Å². The van der Waals surface area contributed by atoms with Gasteiger partial charge in [-0.25, -0.2) is 4.98 Å². The molecule has 0 spiro atoms. The lowest BCUT2D eigenvalue weighted by atomic mass is 10.0. The number of rotatable bonds is 3. The van der Waals surface area contributed by atoms with E-state index in [9.17, 15) is 9.59 Å². The molecular formula is C21H21N3O2. The second kappa shape index (κ2) is 6.75. The van der Waals surface area contributed by atoms with Crippen molar-refractivity contribution < 1.29 is 4.79 Å². The number of nitrogens with zero attached hydrogens (tertiary/aromatic N) is 3. The highest BCUT2D eigenvalue weighted by Crippen LogP contribution is 2.27. The quantitative estimate of drug-likeness (QED) is 0.732. The van der Waals surface area contributed by atoms with Crippen LogP contribution in [0.3, 0.4) is 0 Å². The first-order valence-electron chi connectivity index (χ1n) is 8.99. The second-order valence-electron chi connectivity index (χ2n) is 6.67. The third kappa shape index (κ3) is 2.90. The Kier molecular flexibility index (Phi) is 4.29. The monoisotopic (exact) mass is 347 g/mol. The molecule has 0 aliphatic carbocycles. The van der Waals surface area contributed by atoms with Gasteiger partial charge in [0.1, 0.15) is 5.69 Å². The largest absolute Gasteiger partial charge is 0.312 e. The summed E-state index contributed by atoms with van der Waals surface area (Å²) in [7, 11) is 0. The van der Waals surface area contributed by atoms with E-state index in [-0.39, 0.29) is 11.5 Å². The average molecular weight is 347 g/mol. The van der Waals surface area contributed by atoms with Crippen LogP contribution in [0.2, 0.25) is 0 Å². The molecule has 5 heteroatoms. The SMILES string of the molecule is Cc1nc2ccccc2n(CCC(=O)N2CCCc3ccccc32)c1=O. The zero-order chi connectivity index (χ0) is 18.1. The Hall–Kier alpha value is -2.95. The van der Waals surface area contributed by atoms with E-state index in [1.54, 1.807) is 11.5 Å². The van der Waals surface area contributed by atoms with Crippen LogP contribution in [0.4, 0.5) is 5.69 Å². The maximum absolute atomic E-state index is 12.9. The van der Waals surface area contributed by atoms with Gasteiger partial charge in [0.05, 0.1) is 11.0 Å². The zero-order valence-electron chi connectivity index (χ0n) is 14.8. The molecule has 0 saturated carbocycles. The predicted molar refractivity (Wildman–Crippen MR) is 102 cm³/mol. The number of hydrogen-bond acceptors (Lipinski definition) is 3. The number of benzene rings is 2. The van der Waals surface area contributed by atoms with Crippen LogP contribution in [0.5, 0.6) is 0 Å². The fraction of sp³-hybridized carbons (Fsp3) is 0.286. The van der Waals surface area contributed by atoms with Gasteiger partial charge in [0, 0.05) is 25.2 Å². The molecule has 1 amide bonds. The van der Waals surface area contributed by atoms with Gasteiger partial charge in [0.25, 0.3) is 5.56 Å². The predicted octanol–water partition coefficient (Wildman–Crippen LogP) is 3.07. The standard InChI is InChI=1S/C21H21N3O2/c1-15-21(26)24(19-11-5-3-9-17(19)22-15)14-12-20(25)23-13-6-8-16-7-2-4-10-18(16)23/h2-5,7,9-11H,6,8,12-14H2,1H3. The molecular weight excluding hydrogens is 326 g/mol. The molecule has 26 heavy (non-hydrogen) atoms. The molecule has 0 fully saturated rings. The lowest BCUT2D eigenvalue weighted by molar-refractivity contribution is -0.118. The lowest BCUT2D eigenvalue weighted by Crippen LogP contribution is -2.36. The van der Waals surface area contributed by atoms with Crippen LogP contribution in [-0.4, -0.2) is 22.0 Å². The molecule has 2 aromatic carbocycles. The van der Waals surface area contributed by atoms with Crippen molar-refractivity contribution in [1.29, 1.82) is 0 Å². The van der Waals surface area contributed by atoms with Gasteiger partial charge < -0.3 is 9.47 Å². The average Bonchev–Trinajstić information content (AvgIpc) is 2.67. The molecule has 4 rings (SSSR count). The summed E-state index contributed by atoms with van der Waals surface area (Å²) in [6.07, 6.45) is 2.27. The molecule has 0 bridgehead atoms. The molecule has 0 saturated heterocycles. The van der Waals surface area contributed by atoms with Crippen LogP contribution in [0, 0.1) is 6.92 Å². The third-order valence-corrected chi connectivity index (χ3v) is 4.98. The molecule has 5 nitrogen and oxygen atoms in total. The third-order valence-electron chi connectivity index (χ3n) is 4.98. The molecule has 0 unspecified atom stereocenters. The highest BCUT2D eigenvalue weighted by molar-refractivity contribution is 5.94.